The predicted molar refractivity (Wildman–Crippen MR) is 123 cm³/mol. The molecule has 0 bridgehead atoms. The number of fused-ring (bicyclic) bond motifs is 1. The van der Waals surface area contributed by atoms with Crippen molar-refractivity contribution in [1.82, 2.24) is 15.1 Å². The van der Waals surface area contributed by atoms with E-state index in [1.165, 1.54) is 10.5 Å². The van der Waals surface area contributed by atoms with E-state index in [-0.39, 0.29) is 47.4 Å². The third-order valence-corrected chi connectivity index (χ3v) is 7.18. The van der Waals surface area contributed by atoms with E-state index in [0.717, 1.165) is 32.5 Å². The first-order chi connectivity index (χ1) is 16.4. The average Bonchev–Trinajstić information content (AvgIpc) is 3.15. The van der Waals surface area contributed by atoms with Gasteiger partial charge in [-0.1, -0.05) is 36.4 Å². The monoisotopic (exact) mass is 462 g/mol. The molecule has 1 unspecified atom stereocenters. The van der Waals surface area contributed by atoms with Gasteiger partial charge in [0.25, 0.3) is 11.6 Å². The zero-order valence-electron chi connectivity index (χ0n) is 18.7. The van der Waals surface area contributed by atoms with E-state index < -0.39 is 17.9 Å². The molecule has 2 saturated heterocycles. The van der Waals surface area contributed by atoms with Crippen LogP contribution in [-0.4, -0.2) is 51.6 Å². The van der Waals surface area contributed by atoms with Crippen LogP contribution in [0.2, 0.25) is 0 Å². The van der Waals surface area contributed by atoms with Crippen LogP contribution in [0.5, 0.6) is 0 Å². The van der Waals surface area contributed by atoms with Crippen LogP contribution < -0.4 is 5.32 Å². The highest BCUT2D eigenvalue weighted by Crippen LogP contribution is 2.41. The predicted octanol–water partition coefficient (Wildman–Crippen LogP) is 2.74. The minimum atomic E-state index is -0.790. The number of piperidine rings is 2. The average molecular weight is 463 g/mol. The first-order valence-corrected chi connectivity index (χ1v) is 11.6. The van der Waals surface area contributed by atoms with Crippen LogP contribution in [0.15, 0.2) is 42.5 Å². The molecule has 0 spiro atoms. The van der Waals surface area contributed by atoms with Gasteiger partial charge in [0.05, 0.1) is 22.6 Å². The lowest BCUT2D eigenvalue weighted by molar-refractivity contribution is -0.386. The van der Waals surface area contributed by atoms with Gasteiger partial charge >= 0.3 is 0 Å². The number of amides is 3. The Balaban J connectivity index is 1.35. The third-order valence-electron chi connectivity index (χ3n) is 7.18. The summed E-state index contributed by atoms with van der Waals surface area (Å²) in [5, 5.41) is 14.4. The first-order valence-electron chi connectivity index (χ1n) is 11.6. The van der Waals surface area contributed by atoms with Crippen molar-refractivity contribution in [2.45, 2.75) is 50.7 Å². The van der Waals surface area contributed by atoms with Gasteiger partial charge in [-0.2, -0.15) is 0 Å². The maximum Gasteiger partial charge on any atom is 0.278 e. The Labute approximate surface area is 196 Å². The summed E-state index contributed by atoms with van der Waals surface area (Å²) in [6.07, 6.45) is 1.98. The Hall–Kier alpha value is -3.59. The van der Waals surface area contributed by atoms with E-state index >= 15 is 0 Å². The van der Waals surface area contributed by atoms with Crippen molar-refractivity contribution in [3.8, 4) is 0 Å². The van der Waals surface area contributed by atoms with Gasteiger partial charge in [-0.15, -0.1) is 0 Å². The zero-order valence-corrected chi connectivity index (χ0v) is 18.7. The number of carbonyl (C=O) groups is 3. The molecule has 0 saturated carbocycles. The van der Waals surface area contributed by atoms with Crippen molar-refractivity contribution < 1.29 is 19.3 Å². The second kappa shape index (κ2) is 8.98. The summed E-state index contributed by atoms with van der Waals surface area (Å²) in [5.74, 6) is -1.24. The number of nitrogens with one attached hydrogen (secondary N) is 1. The van der Waals surface area contributed by atoms with Crippen molar-refractivity contribution in [2.75, 3.05) is 13.1 Å². The van der Waals surface area contributed by atoms with Gasteiger partial charge in [-0.05, 0) is 49.9 Å². The van der Waals surface area contributed by atoms with Crippen molar-refractivity contribution in [2.24, 2.45) is 0 Å². The second-order valence-corrected chi connectivity index (χ2v) is 9.22. The molecule has 3 aliphatic rings. The lowest BCUT2D eigenvalue weighted by Gasteiger charge is -2.32. The fourth-order valence-electron chi connectivity index (χ4n) is 5.43. The van der Waals surface area contributed by atoms with Crippen LogP contribution in [-0.2, 0) is 22.7 Å². The molecular formula is C25H26N4O5. The fourth-order valence-corrected chi connectivity index (χ4v) is 5.43. The van der Waals surface area contributed by atoms with E-state index in [1.54, 1.807) is 12.1 Å². The van der Waals surface area contributed by atoms with Gasteiger partial charge in [0.1, 0.15) is 6.04 Å². The highest BCUT2D eigenvalue weighted by atomic mass is 16.6. The summed E-state index contributed by atoms with van der Waals surface area (Å²) in [7, 11) is 0. The van der Waals surface area contributed by atoms with Crippen molar-refractivity contribution in [1.29, 1.82) is 0 Å². The Morgan fingerprint density at radius 1 is 1.00 bits per heavy atom. The molecule has 9 heteroatoms. The van der Waals surface area contributed by atoms with Crippen LogP contribution in [0.25, 0.3) is 0 Å². The number of nitro groups is 1. The molecule has 1 N–H and O–H groups in total. The maximum atomic E-state index is 13.0. The lowest BCUT2D eigenvalue weighted by atomic mass is 9.86. The molecule has 176 valence electrons. The number of nitrogens with zero attached hydrogens (tertiary/aromatic N) is 3. The van der Waals surface area contributed by atoms with Gasteiger partial charge in [-0.3, -0.25) is 34.7 Å². The van der Waals surface area contributed by atoms with Crippen LogP contribution in [0.4, 0.5) is 5.69 Å². The molecule has 2 aromatic rings. The van der Waals surface area contributed by atoms with Crippen molar-refractivity contribution in [3.63, 3.8) is 0 Å². The minimum absolute atomic E-state index is 0.00199. The molecule has 0 radical (unpaired) electrons. The maximum absolute atomic E-state index is 13.0. The second-order valence-electron chi connectivity index (χ2n) is 9.22. The number of imide groups is 1. The Kier molecular flexibility index (Phi) is 5.87. The van der Waals surface area contributed by atoms with E-state index in [1.807, 2.05) is 18.2 Å². The number of nitro benzene ring substituents is 1. The molecule has 0 aliphatic carbocycles. The largest absolute Gasteiger partial charge is 0.322 e. The third kappa shape index (κ3) is 4.07. The van der Waals surface area contributed by atoms with Crippen LogP contribution in [0, 0.1) is 10.1 Å². The van der Waals surface area contributed by atoms with Crippen LogP contribution >= 0.6 is 0 Å². The standard InChI is InChI=1S/C25H26N4O5/c30-22-9-8-21(24(31)26-22)28-15-20-19(25(28)32)7-6-18(23(20)29(33)34)17-10-12-27(13-11-17)14-16-4-2-1-3-5-16/h1-7,17,21H,8-15H2,(H,26,30,31). The summed E-state index contributed by atoms with van der Waals surface area (Å²) in [4.78, 5) is 52.4. The molecule has 3 aliphatic heterocycles. The van der Waals surface area contributed by atoms with Gasteiger partial charge in [0.15, 0.2) is 0 Å². The molecule has 3 heterocycles. The van der Waals surface area contributed by atoms with Gasteiger partial charge in [0.2, 0.25) is 11.8 Å². The Morgan fingerprint density at radius 2 is 1.74 bits per heavy atom. The zero-order chi connectivity index (χ0) is 23.8. The number of benzene rings is 2. The van der Waals surface area contributed by atoms with E-state index in [9.17, 15) is 24.5 Å². The quantitative estimate of drug-likeness (QED) is 0.415. The molecule has 2 aromatic carbocycles. The number of hydrogen-bond donors (Lipinski definition) is 1. The van der Waals surface area contributed by atoms with E-state index in [0.29, 0.717) is 11.1 Å². The molecule has 9 nitrogen and oxygen atoms in total. The highest BCUT2D eigenvalue weighted by Gasteiger charge is 2.43. The highest BCUT2D eigenvalue weighted by molar-refractivity contribution is 6.06. The minimum Gasteiger partial charge on any atom is -0.322 e. The van der Waals surface area contributed by atoms with Crippen molar-refractivity contribution in [3.05, 3.63) is 74.8 Å². The molecule has 5 rings (SSSR count). The van der Waals surface area contributed by atoms with Crippen LogP contribution in [0.3, 0.4) is 0 Å². The molecular weight excluding hydrogens is 436 g/mol. The molecule has 3 amide bonds. The fraction of sp³-hybridized carbons (Fsp3) is 0.400. The molecule has 2 fully saturated rings. The van der Waals surface area contributed by atoms with Crippen LogP contribution in [0.1, 0.15) is 58.6 Å². The summed E-state index contributed by atoms with van der Waals surface area (Å²) < 4.78 is 0. The summed E-state index contributed by atoms with van der Waals surface area (Å²) in [6.45, 7) is 2.55. The number of likely N-dealkylation sites (tertiary alicyclic amines) is 1. The number of hydrogen-bond acceptors (Lipinski definition) is 6. The smallest absolute Gasteiger partial charge is 0.278 e. The summed E-state index contributed by atoms with van der Waals surface area (Å²) >= 11 is 0. The van der Waals surface area contributed by atoms with E-state index in [4.69, 9.17) is 0 Å². The summed E-state index contributed by atoms with van der Waals surface area (Å²) in [5.41, 5.74) is 2.57. The summed E-state index contributed by atoms with van der Waals surface area (Å²) in [6, 6.07) is 12.8. The van der Waals surface area contributed by atoms with Gasteiger partial charge in [0, 0.05) is 18.5 Å². The lowest BCUT2D eigenvalue weighted by Crippen LogP contribution is -2.52. The Bertz CT molecular complexity index is 1160. The molecule has 34 heavy (non-hydrogen) atoms. The topological polar surface area (TPSA) is 113 Å². The Morgan fingerprint density at radius 3 is 2.41 bits per heavy atom. The normalized spacial score (nSPS) is 21.5. The number of rotatable bonds is 5. The first kappa shape index (κ1) is 22.2. The molecule has 1 atom stereocenters. The molecule has 0 aromatic heterocycles. The van der Waals surface area contributed by atoms with Gasteiger partial charge < -0.3 is 4.90 Å². The van der Waals surface area contributed by atoms with E-state index in [2.05, 4.69) is 22.3 Å². The van der Waals surface area contributed by atoms with Gasteiger partial charge in [-0.25, -0.2) is 0 Å². The SMILES string of the molecule is O=C1CCC(N2Cc3c(ccc(C4CCN(Cc5ccccc5)CC4)c3[N+](=O)[O-])C2=O)C(=O)N1. The van der Waals surface area contributed by atoms with Crippen molar-refractivity contribution >= 4 is 23.4 Å². The number of carbonyl (C=O) groups excluding carboxylic acids is 3.